The Hall–Kier alpha value is -3.52. The predicted octanol–water partition coefficient (Wildman–Crippen LogP) is 2.26. The number of carbonyl (C=O) groups excluding carboxylic acids is 2. The van der Waals surface area contributed by atoms with Crippen LogP contribution in [0.2, 0.25) is 0 Å². The van der Waals surface area contributed by atoms with Gasteiger partial charge in [0.25, 0.3) is 5.56 Å². The number of cyclic esters (lactones) is 1. The summed E-state index contributed by atoms with van der Waals surface area (Å²) in [6.07, 6.45) is 0.0761. The highest BCUT2D eigenvalue weighted by Gasteiger charge is 2.45. The summed E-state index contributed by atoms with van der Waals surface area (Å²) in [4.78, 5) is 42.6. The van der Waals surface area contributed by atoms with Crippen LogP contribution in [0.3, 0.4) is 0 Å². The number of nitrogens with zero attached hydrogens (tertiary/aromatic N) is 2. The molecule has 0 aliphatic carbocycles. The van der Waals surface area contributed by atoms with Gasteiger partial charge >= 0.3 is 11.9 Å². The molecule has 8 nitrogen and oxygen atoms in total. The number of hydrogen-bond donors (Lipinski definition) is 1. The zero-order valence-corrected chi connectivity index (χ0v) is 17.1. The van der Waals surface area contributed by atoms with Crippen LogP contribution in [-0.4, -0.2) is 33.2 Å². The average molecular weight is 420 g/mol. The standard InChI is InChI=1S/C23H20N2O6/c1-3-23(29)16-9-17-19-13(10-25(17)20(26)15(16)11-31-22(23)28)8-12-6-5-7-14(18(12)24-19)21(27)30-4-2/h5-9,29H,3-4,10-11H2,1-2H3/t23-/m0/s1. The quantitative estimate of drug-likeness (QED) is 0.507. The van der Waals surface area contributed by atoms with Crippen LogP contribution >= 0.6 is 0 Å². The normalized spacial score (nSPS) is 18.9. The van der Waals surface area contributed by atoms with E-state index in [1.807, 2.05) is 12.1 Å². The van der Waals surface area contributed by atoms with Gasteiger partial charge in [0.2, 0.25) is 0 Å². The topological polar surface area (TPSA) is 108 Å². The van der Waals surface area contributed by atoms with Gasteiger partial charge in [0.1, 0.15) is 6.61 Å². The van der Waals surface area contributed by atoms with Crippen molar-refractivity contribution in [2.75, 3.05) is 6.61 Å². The predicted molar refractivity (Wildman–Crippen MR) is 110 cm³/mol. The minimum absolute atomic E-state index is 0.0761. The molecular weight excluding hydrogens is 400 g/mol. The lowest BCUT2D eigenvalue weighted by Crippen LogP contribution is -2.44. The molecule has 2 aromatic heterocycles. The number of rotatable bonds is 3. The molecule has 1 atom stereocenters. The molecule has 4 heterocycles. The fourth-order valence-electron chi connectivity index (χ4n) is 4.38. The van der Waals surface area contributed by atoms with Crippen molar-refractivity contribution in [3.63, 3.8) is 0 Å². The lowest BCUT2D eigenvalue weighted by molar-refractivity contribution is -0.172. The number of para-hydroxylation sites is 1. The highest BCUT2D eigenvalue weighted by molar-refractivity contribution is 6.03. The second-order valence-electron chi connectivity index (χ2n) is 7.70. The summed E-state index contributed by atoms with van der Waals surface area (Å²) in [7, 11) is 0. The third-order valence-corrected chi connectivity index (χ3v) is 6.03. The van der Waals surface area contributed by atoms with E-state index in [4.69, 9.17) is 14.5 Å². The van der Waals surface area contributed by atoms with Gasteiger partial charge in [-0.05, 0) is 31.5 Å². The third-order valence-electron chi connectivity index (χ3n) is 6.03. The molecule has 1 aromatic carbocycles. The molecule has 8 heteroatoms. The molecule has 0 unspecified atom stereocenters. The first-order valence-corrected chi connectivity index (χ1v) is 10.2. The first-order valence-electron chi connectivity index (χ1n) is 10.2. The van der Waals surface area contributed by atoms with Gasteiger partial charge in [0, 0.05) is 16.5 Å². The number of fused-ring (bicyclic) bond motifs is 5. The van der Waals surface area contributed by atoms with Gasteiger partial charge in [0.05, 0.1) is 41.2 Å². The molecule has 0 spiro atoms. The van der Waals surface area contributed by atoms with Crippen LogP contribution in [-0.2, 0) is 33.0 Å². The lowest BCUT2D eigenvalue weighted by Gasteiger charge is -2.31. The van der Waals surface area contributed by atoms with Gasteiger partial charge < -0.3 is 19.1 Å². The summed E-state index contributed by atoms with van der Waals surface area (Å²) in [6.45, 7) is 3.78. The van der Waals surface area contributed by atoms with Gasteiger partial charge in [-0.15, -0.1) is 0 Å². The van der Waals surface area contributed by atoms with Crippen molar-refractivity contribution >= 4 is 22.8 Å². The average Bonchev–Trinajstić information content (AvgIpc) is 3.13. The Bertz CT molecular complexity index is 1340. The first-order chi connectivity index (χ1) is 14.9. The van der Waals surface area contributed by atoms with Crippen molar-refractivity contribution in [3.8, 4) is 11.4 Å². The summed E-state index contributed by atoms with van der Waals surface area (Å²) in [5, 5.41) is 11.7. The highest BCUT2D eigenvalue weighted by atomic mass is 16.6. The Morgan fingerprint density at radius 3 is 2.84 bits per heavy atom. The molecule has 1 N–H and O–H groups in total. The van der Waals surface area contributed by atoms with E-state index >= 15 is 0 Å². The smallest absolute Gasteiger partial charge is 0.343 e. The fraction of sp³-hybridized carbons (Fsp3) is 0.304. The molecule has 31 heavy (non-hydrogen) atoms. The minimum Gasteiger partial charge on any atom is -0.462 e. The second-order valence-corrected chi connectivity index (χ2v) is 7.70. The van der Waals surface area contributed by atoms with E-state index < -0.39 is 17.5 Å². The fourth-order valence-corrected chi connectivity index (χ4v) is 4.38. The van der Waals surface area contributed by atoms with Crippen molar-refractivity contribution in [1.29, 1.82) is 0 Å². The zero-order chi connectivity index (χ0) is 21.9. The van der Waals surface area contributed by atoms with Gasteiger partial charge in [-0.3, -0.25) is 4.79 Å². The van der Waals surface area contributed by atoms with Crippen molar-refractivity contribution in [2.24, 2.45) is 0 Å². The van der Waals surface area contributed by atoms with Gasteiger partial charge in [0.15, 0.2) is 5.60 Å². The molecule has 0 fully saturated rings. The van der Waals surface area contributed by atoms with E-state index in [1.165, 1.54) is 0 Å². The summed E-state index contributed by atoms with van der Waals surface area (Å²) < 4.78 is 11.8. The van der Waals surface area contributed by atoms with Crippen LogP contribution in [0.25, 0.3) is 22.3 Å². The van der Waals surface area contributed by atoms with E-state index in [9.17, 15) is 19.5 Å². The first kappa shape index (κ1) is 19.4. The molecular formula is C23H20N2O6. The Morgan fingerprint density at radius 2 is 2.10 bits per heavy atom. The summed E-state index contributed by atoms with van der Waals surface area (Å²) in [5.74, 6) is -1.23. The van der Waals surface area contributed by atoms with Crippen molar-refractivity contribution in [2.45, 2.75) is 39.0 Å². The van der Waals surface area contributed by atoms with Crippen molar-refractivity contribution in [3.05, 3.63) is 62.9 Å². The number of aliphatic hydroxyl groups is 1. The Balaban J connectivity index is 1.76. The van der Waals surface area contributed by atoms with Crippen LogP contribution in [0.15, 0.2) is 35.1 Å². The van der Waals surface area contributed by atoms with E-state index in [0.29, 0.717) is 29.0 Å². The molecule has 0 amide bonds. The zero-order valence-electron chi connectivity index (χ0n) is 17.1. The number of carbonyl (C=O) groups is 2. The van der Waals surface area contributed by atoms with Crippen LogP contribution in [0.4, 0.5) is 0 Å². The minimum atomic E-state index is -1.88. The highest BCUT2D eigenvalue weighted by Crippen LogP contribution is 2.38. The Morgan fingerprint density at radius 1 is 1.29 bits per heavy atom. The summed E-state index contributed by atoms with van der Waals surface area (Å²) in [5.41, 5.74) is 1.02. The Kier molecular flexibility index (Phi) is 4.23. The molecule has 2 aliphatic rings. The molecule has 2 aliphatic heterocycles. The van der Waals surface area contributed by atoms with Gasteiger partial charge in [-0.1, -0.05) is 19.1 Å². The largest absolute Gasteiger partial charge is 0.462 e. The number of benzene rings is 1. The van der Waals surface area contributed by atoms with E-state index in [2.05, 4.69) is 0 Å². The van der Waals surface area contributed by atoms with Crippen LogP contribution in [0.5, 0.6) is 0 Å². The lowest BCUT2D eigenvalue weighted by atomic mass is 9.86. The van der Waals surface area contributed by atoms with Crippen molar-refractivity contribution < 1.29 is 24.2 Å². The van der Waals surface area contributed by atoms with E-state index in [1.54, 1.807) is 36.6 Å². The summed E-state index contributed by atoms with van der Waals surface area (Å²) >= 11 is 0. The molecule has 158 valence electrons. The van der Waals surface area contributed by atoms with E-state index in [-0.39, 0.29) is 36.3 Å². The second kappa shape index (κ2) is 6.75. The monoisotopic (exact) mass is 420 g/mol. The van der Waals surface area contributed by atoms with Gasteiger partial charge in [-0.2, -0.15) is 0 Å². The maximum absolute atomic E-state index is 13.2. The molecule has 5 rings (SSSR count). The molecule has 0 radical (unpaired) electrons. The summed E-state index contributed by atoms with van der Waals surface area (Å²) in [6, 6.07) is 8.82. The SMILES string of the molecule is CCOC(=O)c1cccc2cc3c(nc12)-c1cc2c(c(=O)n1C3)COC(=O)[C@]2(O)CC. The van der Waals surface area contributed by atoms with E-state index in [0.717, 1.165) is 10.9 Å². The maximum Gasteiger partial charge on any atom is 0.343 e. The molecule has 3 aromatic rings. The van der Waals surface area contributed by atoms with Gasteiger partial charge in [-0.25, -0.2) is 14.6 Å². The third kappa shape index (κ3) is 2.64. The van der Waals surface area contributed by atoms with Crippen LogP contribution in [0.1, 0.15) is 47.3 Å². The molecule has 0 saturated carbocycles. The number of ether oxygens (including phenoxy) is 2. The maximum atomic E-state index is 13.2. The number of esters is 2. The number of aromatic nitrogens is 2. The molecule has 0 saturated heterocycles. The number of pyridine rings is 2. The van der Waals surface area contributed by atoms with Crippen LogP contribution in [0, 0.1) is 0 Å². The number of hydrogen-bond acceptors (Lipinski definition) is 7. The molecule has 0 bridgehead atoms. The van der Waals surface area contributed by atoms with Crippen LogP contribution < -0.4 is 5.56 Å². The van der Waals surface area contributed by atoms with Crippen molar-refractivity contribution in [1.82, 2.24) is 9.55 Å². The Labute approximate surface area is 177 Å².